The normalized spacial score (nSPS) is 12.0. The molecule has 0 aliphatic rings. The first-order valence-corrected chi connectivity index (χ1v) is 9.07. The minimum Gasteiger partial charge on any atom is -0.295 e. The molecule has 32 heavy (non-hydrogen) atoms. The molecule has 1 heterocycles. The molecule has 166 valence electrons. The largest absolute Gasteiger partial charge is 0.416 e. The minimum atomic E-state index is -4.50. The van der Waals surface area contributed by atoms with Crippen molar-refractivity contribution in [3.63, 3.8) is 0 Å². The summed E-state index contributed by atoms with van der Waals surface area (Å²) in [5.74, 6) is -0.718. The molecule has 0 aliphatic heterocycles. The summed E-state index contributed by atoms with van der Waals surface area (Å²) in [5.41, 5.74) is 1.35. The van der Waals surface area contributed by atoms with E-state index in [1.165, 1.54) is 25.1 Å². The average molecular weight is 447 g/mol. The SMILES string of the molecule is C/C(=N\NC(=O)c1cccc([N+](=O)[O-])c1)c1c(C)[nH]n(-c2ccc(C(F)(F)F)cc2)c1=O. The molecule has 1 amide bonds. The molecule has 0 saturated heterocycles. The van der Waals surface area contributed by atoms with E-state index in [4.69, 9.17) is 0 Å². The highest BCUT2D eigenvalue weighted by Crippen LogP contribution is 2.29. The number of aromatic nitrogens is 2. The Morgan fingerprint density at radius 1 is 1.19 bits per heavy atom. The number of nitro groups is 1. The van der Waals surface area contributed by atoms with E-state index in [-0.39, 0.29) is 28.2 Å². The third kappa shape index (κ3) is 4.58. The number of benzene rings is 2. The van der Waals surface area contributed by atoms with E-state index in [1.54, 1.807) is 6.92 Å². The van der Waals surface area contributed by atoms with Gasteiger partial charge in [0.2, 0.25) is 0 Å². The molecule has 9 nitrogen and oxygen atoms in total. The maximum atomic E-state index is 12.8. The Balaban J connectivity index is 1.85. The molecule has 0 spiro atoms. The molecule has 0 radical (unpaired) electrons. The topological polar surface area (TPSA) is 122 Å². The van der Waals surface area contributed by atoms with Crippen molar-refractivity contribution in [2.45, 2.75) is 20.0 Å². The monoisotopic (exact) mass is 447 g/mol. The molecule has 0 atom stereocenters. The summed E-state index contributed by atoms with van der Waals surface area (Å²) in [7, 11) is 0. The fraction of sp³-hybridized carbons (Fsp3) is 0.150. The van der Waals surface area contributed by atoms with E-state index in [1.807, 2.05) is 0 Å². The van der Waals surface area contributed by atoms with Gasteiger partial charge in [0, 0.05) is 23.4 Å². The Labute approximate surface area is 178 Å². The lowest BCUT2D eigenvalue weighted by atomic mass is 10.2. The van der Waals surface area contributed by atoms with Crippen LogP contribution in [0.2, 0.25) is 0 Å². The highest BCUT2D eigenvalue weighted by molar-refractivity contribution is 6.01. The Bertz CT molecular complexity index is 1270. The van der Waals surface area contributed by atoms with Crippen molar-refractivity contribution in [3.05, 3.63) is 91.4 Å². The van der Waals surface area contributed by atoms with Gasteiger partial charge in [-0.1, -0.05) is 6.07 Å². The number of amides is 1. The molecular weight excluding hydrogens is 431 g/mol. The van der Waals surface area contributed by atoms with Crippen molar-refractivity contribution in [1.82, 2.24) is 15.2 Å². The molecule has 0 bridgehead atoms. The zero-order valence-electron chi connectivity index (χ0n) is 16.7. The summed E-state index contributed by atoms with van der Waals surface area (Å²) in [5, 5.41) is 17.5. The van der Waals surface area contributed by atoms with Gasteiger partial charge in [0.15, 0.2) is 0 Å². The Morgan fingerprint density at radius 3 is 2.44 bits per heavy atom. The summed E-state index contributed by atoms with van der Waals surface area (Å²) >= 11 is 0. The molecule has 2 N–H and O–H groups in total. The van der Waals surface area contributed by atoms with Gasteiger partial charge in [-0.15, -0.1) is 0 Å². The zero-order chi connectivity index (χ0) is 23.6. The quantitative estimate of drug-likeness (QED) is 0.353. The summed E-state index contributed by atoms with van der Waals surface area (Å²) in [6, 6.07) is 9.06. The second kappa shape index (κ2) is 8.49. The fourth-order valence-electron chi connectivity index (χ4n) is 2.97. The van der Waals surface area contributed by atoms with Crippen molar-refractivity contribution in [2.75, 3.05) is 0 Å². The highest BCUT2D eigenvalue weighted by atomic mass is 19.4. The first-order chi connectivity index (χ1) is 15.0. The maximum Gasteiger partial charge on any atom is 0.416 e. The zero-order valence-corrected chi connectivity index (χ0v) is 16.7. The van der Waals surface area contributed by atoms with Gasteiger partial charge in [0.1, 0.15) is 0 Å². The van der Waals surface area contributed by atoms with Crippen LogP contribution >= 0.6 is 0 Å². The average Bonchev–Trinajstić information content (AvgIpc) is 3.05. The number of H-pyrrole nitrogens is 1. The second-order valence-electron chi connectivity index (χ2n) is 6.74. The van der Waals surface area contributed by atoms with Gasteiger partial charge in [-0.2, -0.15) is 18.3 Å². The van der Waals surface area contributed by atoms with Gasteiger partial charge in [-0.25, -0.2) is 10.1 Å². The van der Waals surface area contributed by atoms with Crippen LogP contribution in [0.15, 0.2) is 58.4 Å². The number of carbonyl (C=O) groups excluding carboxylic acids is 1. The van der Waals surface area contributed by atoms with Crippen LogP contribution in [-0.4, -0.2) is 26.3 Å². The van der Waals surface area contributed by atoms with Crippen molar-refractivity contribution in [2.24, 2.45) is 5.10 Å². The number of aromatic amines is 1. The third-order valence-corrected chi connectivity index (χ3v) is 4.53. The van der Waals surface area contributed by atoms with E-state index in [2.05, 4.69) is 15.6 Å². The molecule has 12 heteroatoms. The molecule has 3 aromatic rings. The Kier molecular flexibility index (Phi) is 5.96. The van der Waals surface area contributed by atoms with Crippen LogP contribution in [0, 0.1) is 17.0 Å². The maximum absolute atomic E-state index is 12.8. The molecule has 0 unspecified atom stereocenters. The Hall–Kier alpha value is -4.22. The van der Waals surface area contributed by atoms with Crippen LogP contribution in [0.5, 0.6) is 0 Å². The predicted octanol–water partition coefficient (Wildman–Crippen LogP) is 3.56. The number of aryl methyl sites for hydroxylation is 1. The van der Waals surface area contributed by atoms with Crippen LogP contribution in [-0.2, 0) is 6.18 Å². The summed E-state index contributed by atoms with van der Waals surface area (Å²) < 4.78 is 39.3. The Morgan fingerprint density at radius 2 is 1.84 bits per heavy atom. The molecular formula is C20H16F3N5O4. The molecule has 3 rings (SSSR count). The second-order valence-corrected chi connectivity index (χ2v) is 6.74. The number of non-ortho nitro benzene ring substituents is 1. The van der Waals surface area contributed by atoms with Gasteiger partial charge in [-0.3, -0.25) is 24.8 Å². The number of hydrogen-bond donors (Lipinski definition) is 2. The van der Waals surface area contributed by atoms with Gasteiger partial charge in [0.25, 0.3) is 17.2 Å². The molecule has 0 fully saturated rings. The van der Waals surface area contributed by atoms with Gasteiger partial charge in [0.05, 0.1) is 27.4 Å². The van der Waals surface area contributed by atoms with E-state index in [0.717, 1.165) is 35.0 Å². The van der Waals surface area contributed by atoms with Gasteiger partial charge < -0.3 is 0 Å². The van der Waals surface area contributed by atoms with Crippen molar-refractivity contribution in [1.29, 1.82) is 0 Å². The fourth-order valence-corrected chi connectivity index (χ4v) is 2.97. The number of carbonyl (C=O) groups is 1. The number of hydrazone groups is 1. The van der Waals surface area contributed by atoms with Crippen molar-refractivity contribution < 1.29 is 22.9 Å². The molecule has 0 aliphatic carbocycles. The summed E-state index contributed by atoms with van der Waals surface area (Å²) in [4.78, 5) is 35.2. The van der Waals surface area contributed by atoms with Gasteiger partial charge in [-0.05, 0) is 44.2 Å². The van der Waals surface area contributed by atoms with E-state index in [0.29, 0.717) is 5.69 Å². The first kappa shape index (κ1) is 22.5. The molecule has 0 saturated carbocycles. The lowest BCUT2D eigenvalue weighted by molar-refractivity contribution is -0.384. The van der Waals surface area contributed by atoms with Crippen LogP contribution in [0.3, 0.4) is 0 Å². The van der Waals surface area contributed by atoms with Crippen LogP contribution in [0.1, 0.15) is 34.1 Å². The number of alkyl halides is 3. The lowest BCUT2D eigenvalue weighted by Gasteiger charge is -2.07. The highest BCUT2D eigenvalue weighted by Gasteiger charge is 2.30. The number of nitro benzene ring substituents is 1. The van der Waals surface area contributed by atoms with E-state index < -0.39 is 28.1 Å². The predicted molar refractivity (Wildman–Crippen MR) is 109 cm³/mol. The summed E-state index contributed by atoms with van der Waals surface area (Å²) in [6.07, 6.45) is -4.50. The number of rotatable bonds is 5. The van der Waals surface area contributed by atoms with Crippen molar-refractivity contribution >= 4 is 17.3 Å². The number of halogens is 3. The van der Waals surface area contributed by atoms with Crippen molar-refractivity contribution in [3.8, 4) is 5.69 Å². The first-order valence-electron chi connectivity index (χ1n) is 9.07. The van der Waals surface area contributed by atoms with Crippen LogP contribution in [0.4, 0.5) is 18.9 Å². The summed E-state index contributed by atoms with van der Waals surface area (Å²) in [6.45, 7) is 3.03. The number of nitrogens with one attached hydrogen (secondary N) is 2. The molecule has 1 aromatic heterocycles. The number of nitrogens with zero attached hydrogens (tertiary/aromatic N) is 3. The smallest absolute Gasteiger partial charge is 0.295 e. The molecule has 2 aromatic carbocycles. The van der Waals surface area contributed by atoms with Crippen LogP contribution in [0.25, 0.3) is 5.69 Å². The lowest BCUT2D eigenvalue weighted by Crippen LogP contribution is -2.23. The van der Waals surface area contributed by atoms with Crippen LogP contribution < -0.4 is 11.0 Å². The van der Waals surface area contributed by atoms with E-state index >= 15 is 0 Å². The number of hydrogen-bond acceptors (Lipinski definition) is 5. The minimum absolute atomic E-state index is 0.00343. The van der Waals surface area contributed by atoms with Gasteiger partial charge >= 0.3 is 6.18 Å². The van der Waals surface area contributed by atoms with E-state index in [9.17, 15) is 32.9 Å². The third-order valence-electron chi connectivity index (χ3n) is 4.53. The standard InChI is InChI=1S/C20H16F3N5O4/c1-11(24-25-18(29)13-4-3-5-16(10-13)28(31)32)17-12(2)26-27(19(17)30)15-8-6-14(7-9-15)20(21,22)23/h3-10,26H,1-2H3,(H,25,29)/b24-11+.